The second kappa shape index (κ2) is 9.64. The highest BCUT2D eigenvalue weighted by atomic mass is 14.4. The number of hydrogen-bond acceptors (Lipinski definition) is 0. The zero-order valence-corrected chi connectivity index (χ0v) is 17.1. The minimum atomic E-state index is 0. The molecule has 0 bridgehead atoms. The summed E-state index contributed by atoms with van der Waals surface area (Å²) in [6.07, 6.45) is 21.1. The van der Waals surface area contributed by atoms with Crippen LogP contribution in [0, 0.1) is 36.0 Å². The van der Waals surface area contributed by atoms with Gasteiger partial charge < -0.3 is 0 Å². The normalized spacial score (nSPS) is 30.5. The van der Waals surface area contributed by atoms with Crippen molar-refractivity contribution in [1.29, 1.82) is 0 Å². The second-order valence-electron chi connectivity index (χ2n) is 9.19. The Balaban J connectivity index is 0. The molecule has 0 heterocycles. The Labute approximate surface area is 168 Å². The van der Waals surface area contributed by atoms with Crippen LogP contribution in [0.3, 0.4) is 0 Å². The zero-order valence-electron chi connectivity index (χ0n) is 17.1. The molecule has 0 aromatic heterocycles. The molecule has 1 aromatic carbocycles. The van der Waals surface area contributed by atoms with E-state index in [1.807, 2.05) is 0 Å². The topological polar surface area (TPSA) is 0 Å². The van der Waals surface area contributed by atoms with Gasteiger partial charge >= 0.3 is 0 Å². The average Bonchev–Trinajstić information content (AvgIpc) is 2.69. The molecule has 0 nitrogen and oxygen atoms in total. The SMILES string of the molecule is C#CC(C)Cc1ccc(C2CCC(C3CCC(CCC)CC3)CC2)cc1.[HH].[HH].[HH].[HH]. The second-order valence-corrected chi connectivity index (χ2v) is 9.19. The maximum Gasteiger partial charge on any atom is 0.0212 e. The van der Waals surface area contributed by atoms with Crippen molar-refractivity contribution in [3.8, 4) is 12.3 Å². The molecule has 0 spiro atoms. The Morgan fingerprint density at radius 2 is 1.54 bits per heavy atom. The molecule has 2 saturated carbocycles. The van der Waals surface area contributed by atoms with Gasteiger partial charge in [0.2, 0.25) is 0 Å². The summed E-state index contributed by atoms with van der Waals surface area (Å²) in [5.41, 5.74) is 2.95. The van der Waals surface area contributed by atoms with Crippen molar-refractivity contribution >= 4 is 0 Å². The minimum Gasteiger partial charge on any atom is -0.120 e. The van der Waals surface area contributed by atoms with Gasteiger partial charge in [0.1, 0.15) is 0 Å². The molecule has 3 rings (SSSR count). The first-order valence-electron chi connectivity index (χ1n) is 11.2. The predicted octanol–water partition coefficient (Wildman–Crippen LogP) is 8.36. The molecular formula is C26H46. The highest BCUT2D eigenvalue weighted by molar-refractivity contribution is 5.26. The van der Waals surface area contributed by atoms with E-state index in [1.54, 1.807) is 5.56 Å². The van der Waals surface area contributed by atoms with Gasteiger partial charge in [-0.2, -0.15) is 0 Å². The maximum atomic E-state index is 5.51. The summed E-state index contributed by atoms with van der Waals surface area (Å²) in [6.45, 7) is 4.47. The molecule has 26 heavy (non-hydrogen) atoms. The quantitative estimate of drug-likeness (QED) is 0.448. The molecule has 0 radical (unpaired) electrons. The molecule has 2 aliphatic rings. The minimum absolute atomic E-state index is 0. The molecule has 0 aliphatic heterocycles. The van der Waals surface area contributed by atoms with E-state index in [2.05, 4.69) is 44.0 Å². The lowest BCUT2D eigenvalue weighted by Gasteiger charge is -2.38. The summed E-state index contributed by atoms with van der Waals surface area (Å²) in [7, 11) is 0. The van der Waals surface area contributed by atoms with E-state index in [-0.39, 0.29) is 5.71 Å². The standard InChI is InChI=1S/C26H38.4H2/c1-4-6-21-7-11-23(12-8-21)25-15-17-26(18-16-25)24-13-9-22(10-14-24)19-20(3)5-2;;;;/h2,9-10,13-14,20-21,23,25-26H,4,6-8,11-12,15-19H2,1,3H3;4*1H. The van der Waals surface area contributed by atoms with Crippen LogP contribution in [0.2, 0.25) is 0 Å². The fraction of sp³-hybridized carbons (Fsp3) is 0.692. The molecular weight excluding hydrogens is 312 g/mol. The van der Waals surface area contributed by atoms with Crippen molar-refractivity contribution in [2.24, 2.45) is 23.7 Å². The van der Waals surface area contributed by atoms with Crippen LogP contribution in [0.25, 0.3) is 0 Å². The van der Waals surface area contributed by atoms with Crippen molar-refractivity contribution in [3.63, 3.8) is 0 Å². The summed E-state index contributed by atoms with van der Waals surface area (Å²) in [5, 5.41) is 0. The van der Waals surface area contributed by atoms with Crippen LogP contribution in [0.5, 0.6) is 0 Å². The van der Waals surface area contributed by atoms with E-state index in [4.69, 9.17) is 6.42 Å². The number of hydrogen-bond donors (Lipinski definition) is 0. The van der Waals surface area contributed by atoms with Gasteiger partial charge in [0.15, 0.2) is 0 Å². The highest BCUT2D eigenvalue weighted by Crippen LogP contribution is 2.44. The third kappa shape index (κ3) is 5.16. The van der Waals surface area contributed by atoms with Crippen LogP contribution in [0.1, 0.15) is 101 Å². The highest BCUT2D eigenvalue weighted by Gasteiger charge is 2.31. The van der Waals surface area contributed by atoms with Gasteiger partial charge in [-0.1, -0.05) is 63.8 Å². The van der Waals surface area contributed by atoms with Gasteiger partial charge in [-0.15, -0.1) is 12.3 Å². The number of terminal acetylenes is 1. The van der Waals surface area contributed by atoms with E-state index < -0.39 is 0 Å². The van der Waals surface area contributed by atoms with Crippen molar-refractivity contribution < 1.29 is 5.71 Å². The molecule has 0 amide bonds. The van der Waals surface area contributed by atoms with Gasteiger partial charge in [-0.25, -0.2) is 0 Å². The summed E-state index contributed by atoms with van der Waals surface area (Å²) in [6, 6.07) is 9.37. The van der Waals surface area contributed by atoms with Gasteiger partial charge in [-0.3, -0.25) is 0 Å². The lowest BCUT2D eigenvalue weighted by molar-refractivity contribution is 0.156. The monoisotopic (exact) mass is 358 g/mol. The maximum absolute atomic E-state index is 5.51. The fourth-order valence-corrected chi connectivity index (χ4v) is 5.62. The summed E-state index contributed by atoms with van der Waals surface area (Å²) in [4.78, 5) is 0. The largest absolute Gasteiger partial charge is 0.120 e. The Morgan fingerprint density at radius 1 is 0.962 bits per heavy atom. The average molecular weight is 359 g/mol. The third-order valence-corrected chi connectivity index (χ3v) is 7.30. The van der Waals surface area contributed by atoms with Gasteiger partial charge in [0.25, 0.3) is 0 Å². The van der Waals surface area contributed by atoms with E-state index in [0.29, 0.717) is 5.92 Å². The van der Waals surface area contributed by atoms with Crippen LogP contribution in [-0.2, 0) is 6.42 Å². The first-order chi connectivity index (χ1) is 12.7. The van der Waals surface area contributed by atoms with Gasteiger partial charge in [0, 0.05) is 11.6 Å². The van der Waals surface area contributed by atoms with Gasteiger partial charge in [0.05, 0.1) is 0 Å². The van der Waals surface area contributed by atoms with Crippen LogP contribution in [0.15, 0.2) is 24.3 Å². The summed E-state index contributed by atoms with van der Waals surface area (Å²) in [5.74, 6) is 7.07. The molecule has 1 aromatic rings. The van der Waals surface area contributed by atoms with Crippen molar-refractivity contribution in [1.82, 2.24) is 0 Å². The van der Waals surface area contributed by atoms with Crippen molar-refractivity contribution in [2.75, 3.05) is 0 Å². The lowest BCUT2D eigenvalue weighted by atomic mass is 9.68. The molecule has 150 valence electrons. The summed E-state index contributed by atoms with van der Waals surface area (Å²) >= 11 is 0. The van der Waals surface area contributed by atoms with Crippen LogP contribution in [-0.4, -0.2) is 0 Å². The van der Waals surface area contributed by atoms with Crippen LogP contribution < -0.4 is 0 Å². The Kier molecular flexibility index (Phi) is 7.24. The Bertz CT molecular complexity index is 576. The summed E-state index contributed by atoms with van der Waals surface area (Å²) < 4.78 is 0. The molecule has 2 fully saturated rings. The van der Waals surface area contributed by atoms with Crippen molar-refractivity contribution in [2.45, 2.75) is 90.4 Å². The van der Waals surface area contributed by atoms with E-state index in [1.165, 1.54) is 69.8 Å². The van der Waals surface area contributed by atoms with Crippen LogP contribution in [0.4, 0.5) is 0 Å². The van der Waals surface area contributed by atoms with Crippen molar-refractivity contribution in [3.05, 3.63) is 35.4 Å². The Morgan fingerprint density at radius 3 is 2.08 bits per heavy atom. The van der Waals surface area contributed by atoms with Gasteiger partial charge in [-0.05, 0) is 79.7 Å². The molecule has 0 heteroatoms. The van der Waals surface area contributed by atoms with E-state index in [0.717, 1.165) is 30.1 Å². The molecule has 0 N–H and O–H groups in total. The molecule has 0 saturated heterocycles. The smallest absolute Gasteiger partial charge is 0.0212 e. The van der Waals surface area contributed by atoms with Crippen LogP contribution >= 0.6 is 0 Å². The zero-order chi connectivity index (χ0) is 18.4. The number of benzene rings is 1. The van der Waals surface area contributed by atoms with E-state index >= 15 is 0 Å². The fourth-order valence-electron chi connectivity index (χ4n) is 5.62. The van der Waals surface area contributed by atoms with E-state index in [9.17, 15) is 0 Å². The Hall–Kier alpha value is -1.22. The first-order valence-corrected chi connectivity index (χ1v) is 11.2. The molecule has 1 atom stereocenters. The first kappa shape index (κ1) is 19.5. The number of rotatable bonds is 6. The predicted molar refractivity (Wildman–Crippen MR) is 122 cm³/mol. The molecule has 1 unspecified atom stereocenters. The third-order valence-electron chi connectivity index (χ3n) is 7.30. The molecule has 2 aliphatic carbocycles. The lowest BCUT2D eigenvalue weighted by Crippen LogP contribution is -2.25.